The molecule has 0 unspecified atom stereocenters. The third-order valence-electron chi connectivity index (χ3n) is 2.06. The summed E-state index contributed by atoms with van der Waals surface area (Å²) in [6.45, 7) is 4.94. The van der Waals surface area contributed by atoms with E-state index in [-0.39, 0.29) is 11.3 Å². The number of hydrogen-bond donors (Lipinski definition) is 2. The van der Waals surface area contributed by atoms with E-state index in [1.807, 2.05) is 0 Å². The van der Waals surface area contributed by atoms with Crippen LogP contribution in [-0.4, -0.2) is 24.0 Å². The van der Waals surface area contributed by atoms with Gasteiger partial charge in [0.1, 0.15) is 5.82 Å². The average Bonchev–Trinajstić information content (AvgIpc) is 2.23. The lowest BCUT2D eigenvalue weighted by atomic mass is 10.1. The van der Waals surface area contributed by atoms with Gasteiger partial charge in [-0.05, 0) is 39.0 Å². The van der Waals surface area contributed by atoms with E-state index in [1.54, 1.807) is 20.8 Å². The molecule has 0 aromatic heterocycles. The SMILES string of the molecule is CC(C)(C)NC(=O)COC(=O)c1ccc(N)cc1F. The second-order valence-electron chi connectivity index (χ2n) is 5.11. The molecule has 19 heavy (non-hydrogen) atoms. The molecule has 104 valence electrons. The molecule has 0 aliphatic heterocycles. The minimum absolute atomic E-state index is 0.208. The molecule has 1 rings (SSSR count). The number of carbonyl (C=O) groups excluding carboxylic acids is 2. The Hall–Kier alpha value is -2.11. The number of nitrogens with two attached hydrogens (primary N) is 1. The van der Waals surface area contributed by atoms with Crippen molar-refractivity contribution in [2.24, 2.45) is 0 Å². The zero-order valence-electron chi connectivity index (χ0n) is 11.1. The molecule has 0 saturated carbocycles. The highest BCUT2D eigenvalue weighted by Gasteiger charge is 2.17. The lowest BCUT2D eigenvalue weighted by Gasteiger charge is -2.20. The number of nitrogen functional groups attached to an aromatic ring is 1. The molecule has 0 aliphatic carbocycles. The summed E-state index contributed by atoms with van der Waals surface area (Å²) >= 11 is 0. The van der Waals surface area contributed by atoms with Crippen LogP contribution in [0.1, 0.15) is 31.1 Å². The van der Waals surface area contributed by atoms with E-state index in [0.717, 1.165) is 6.07 Å². The zero-order valence-corrected chi connectivity index (χ0v) is 11.1. The summed E-state index contributed by atoms with van der Waals surface area (Å²) in [5.41, 5.74) is 4.90. The Morgan fingerprint density at radius 2 is 2.00 bits per heavy atom. The molecule has 1 aromatic carbocycles. The van der Waals surface area contributed by atoms with Gasteiger partial charge in [0.2, 0.25) is 0 Å². The van der Waals surface area contributed by atoms with Crippen molar-refractivity contribution < 1.29 is 18.7 Å². The molecule has 6 heteroatoms. The van der Waals surface area contributed by atoms with Gasteiger partial charge in [0, 0.05) is 11.2 Å². The molecule has 0 fully saturated rings. The number of benzene rings is 1. The maximum Gasteiger partial charge on any atom is 0.341 e. The minimum Gasteiger partial charge on any atom is -0.452 e. The van der Waals surface area contributed by atoms with E-state index in [9.17, 15) is 14.0 Å². The van der Waals surface area contributed by atoms with Crippen LogP contribution in [0.4, 0.5) is 10.1 Å². The second-order valence-corrected chi connectivity index (χ2v) is 5.11. The molecule has 0 saturated heterocycles. The van der Waals surface area contributed by atoms with Crippen LogP contribution < -0.4 is 11.1 Å². The van der Waals surface area contributed by atoms with Crippen molar-refractivity contribution in [2.75, 3.05) is 12.3 Å². The molecular weight excluding hydrogens is 251 g/mol. The van der Waals surface area contributed by atoms with Crippen molar-refractivity contribution in [2.45, 2.75) is 26.3 Å². The van der Waals surface area contributed by atoms with Crippen LogP contribution in [0, 0.1) is 5.82 Å². The molecule has 0 atom stereocenters. The number of rotatable bonds is 3. The number of amides is 1. The van der Waals surface area contributed by atoms with Gasteiger partial charge in [-0.3, -0.25) is 4.79 Å². The van der Waals surface area contributed by atoms with Crippen molar-refractivity contribution in [3.8, 4) is 0 Å². The van der Waals surface area contributed by atoms with E-state index in [1.165, 1.54) is 12.1 Å². The first-order valence-corrected chi connectivity index (χ1v) is 5.72. The second kappa shape index (κ2) is 5.69. The van der Waals surface area contributed by atoms with Gasteiger partial charge < -0.3 is 15.8 Å². The number of ether oxygens (including phenoxy) is 1. The lowest BCUT2D eigenvalue weighted by molar-refractivity contribution is -0.125. The van der Waals surface area contributed by atoms with E-state index in [4.69, 9.17) is 10.5 Å². The highest BCUT2D eigenvalue weighted by molar-refractivity contribution is 5.92. The van der Waals surface area contributed by atoms with Crippen LogP contribution >= 0.6 is 0 Å². The Labute approximate surface area is 110 Å². The topological polar surface area (TPSA) is 81.4 Å². The smallest absolute Gasteiger partial charge is 0.341 e. The summed E-state index contributed by atoms with van der Waals surface area (Å²) < 4.78 is 18.1. The molecule has 5 nitrogen and oxygen atoms in total. The van der Waals surface area contributed by atoms with Gasteiger partial charge in [-0.25, -0.2) is 9.18 Å². The van der Waals surface area contributed by atoms with Crippen molar-refractivity contribution in [3.63, 3.8) is 0 Å². The van der Waals surface area contributed by atoms with E-state index >= 15 is 0 Å². The number of nitrogens with one attached hydrogen (secondary N) is 1. The molecule has 0 heterocycles. The first-order chi connectivity index (χ1) is 8.69. The molecule has 3 N–H and O–H groups in total. The fourth-order valence-electron chi connectivity index (χ4n) is 1.36. The summed E-state index contributed by atoms with van der Waals surface area (Å²) in [6, 6.07) is 3.62. The van der Waals surface area contributed by atoms with E-state index in [0.29, 0.717) is 0 Å². The molecule has 1 aromatic rings. The fourth-order valence-corrected chi connectivity index (χ4v) is 1.36. The third-order valence-corrected chi connectivity index (χ3v) is 2.06. The maximum absolute atomic E-state index is 13.4. The van der Waals surface area contributed by atoms with Gasteiger partial charge >= 0.3 is 5.97 Å². The minimum atomic E-state index is -0.901. The number of esters is 1. The zero-order chi connectivity index (χ0) is 14.6. The molecule has 1 amide bonds. The van der Waals surface area contributed by atoms with Gasteiger partial charge in [0.15, 0.2) is 6.61 Å². The predicted molar refractivity (Wildman–Crippen MR) is 69.0 cm³/mol. The Kier molecular flexibility index (Phi) is 4.47. The summed E-state index contributed by atoms with van der Waals surface area (Å²) in [6.07, 6.45) is 0. The van der Waals surface area contributed by atoms with Crippen LogP contribution in [0.25, 0.3) is 0 Å². The monoisotopic (exact) mass is 268 g/mol. The van der Waals surface area contributed by atoms with E-state index < -0.39 is 29.8 Å². The van der Waals surface area contributed by atoms with Crippen LogP contribution in [0.3, 0.4) is 0 Å². The van der Waals surface area contributed by atoms with Gasteiger partial charge in [0.25, 0.3) is 5.91 Å². The van der Waals surface area contributed by atoms with Gasteiger partial charge in [-0.2, -0.15) is 0 Å². The highest BCUT2D eigenvalue weighted by Crippen LogP contribution is 2.12. The molecular formula is C13H17FN2O3. The van der Waals surface area contributed by atoms with Crippen molar-refractivity contribution in [3.05, 3.63) is 29.6 Å². The van der Waals surface area contributed by atoms with Crippen LogP contribution in [0.5, 0.6) is 0 Å². The molecule has 0 bridgehead atoms. The summed E-state index contributed by atoms with van der Waals surface area (Å²) in [5.74, 6) is -2.13. The van der Waals surface area contributed by atoms with Crippen molar-refractivity contribution >= 4 is 17.6 Å². The largest absolute Gasteiger partial charge is 0.452 e. The van der Waals surface area contributed by atoms with E-state index in [2.05, 4.69) is 5.32 Å². The summed E-state index contributed by atoms with van der Waals surface area (Å²) in [4.78, 5) is 23.0. The first-order valence-electron chi connectivity index (χ1n) is 5.72. The maximum atomic E-state index is 13.4. The quantitative estimate of drug-likeness (QED) is 0.642. The Balaban J connectivity index is 2.59. The number of hydrogen-bond acceptors (Lipinski definition) is 4. The highest BCUT2D eigenvalue weighted by atomic mass is 19.1. The van der Waals surface area contributed by atoms with Crippen LogP contribution in [0.2, 0.25) is 0 Å². The standard InChI is InChI=1S/C13H17FN2O3/c1-13(2,3)16-11(17)7-19-12(18)9-5-4-8(15)6-10(9)14/h4-6H,7,15H2,1-3H3,(H,16,17). The number of halogens is 1. The van der Waals surface area contributed by atoms with Crippen LogP contribution in [0.15, 0.2) is 18.2 Å². The normalized spacial score (nSPS) is 10.9. The molecule has 0 aliphatic rings. The van der Waals surface area contributed by atoms with Gasteiger partial charge in [-0.15, -0.1) is 0 Å². The number of anilines is 1. The summed E-state index contributed by atoms with van der Waals surface area (Å²) in [5, 5.41) is 2.62. The third kappa shape index (κ3) is 4.95. The lowest BCUT2D eigenvalue weighted by Crippen LogP contribution is -2.42. The van der Waals surface area contributed by atoms with Crippen molar-refractivity contribution in [1.82, 2.24) is 5.32 Å². The number of carbonyl (C=O) groups is 2. The molecule has 0 spiro atoms. The first kappa shape index (κ1) is 14.9. The summed E-state index contributed by atoms with van der Waals surface area (Å²) in [7, 11) is 0. The van der Waals surface area contributed by atoms with Gasteiger partial charge in [0.05, 0.1) is 5.56 Å². The fraction of sp³-hybridized carbons (Fsp3) is 0.385. The van der Waals surface area contributed by atoms with Crippen molar-refractivity contribution in [1.29, 1.82) is 0 Å². The Bertz CT molecular complexity index is 495. The Morgan fingerprint density at radius 1 is 1.37 bits per heavy atom. The van der Waals surface area contributed by atoms with Gasteiger partial charge in [-0.1, -0.05) is 0 Å². The Morgan fingerprint density at radius 3 is 2.53 bits per heavy atom. The predicted octanol–water partition coefficient (Wildman–Crippen LogP) is 1.48. The van der Waals surface area contributed by atoms with Crippen LogP contribution in [-0.2, 0) is 9.53 Å². The average molecular weight is 268 g/mol. The molecule has 0 radical (unpaired) electrons.